The summed E-state index contributed by atoms with van der Waals surface area (Å²) in [5.41, 5.74) is 1.03. The number of aliphatic hydroxyl groups is 2. The van der Waals surface area contributed by atoms with Gasteiger partial charge in [-0.05, 0) is 25.0 Å². The van der Waals surface area contributed by atoms with Crippen LogP contribution in [-0.4, -0.2) is 51.8 Å². The van der Waals surface area contributed by atoms with Crippen molar-refractivity contribution in [1.29, 1.82) is 0 Å². The summed E-state index contributed by atoms with van der Waals surface area (Å²) in [6, 6.07) is 3.24. The van der Waals surface area contributed by atoms with Crippen LogP contribution in [0.3, 0.4) is 0 Å². The largest absolute Gasteiger partial charge is 0.394 e. The molecule has 2 heterocycles. The van der Waals surface area contributed by atoms with E-state index in [1.165, 1.54) is 6.20 Å². The van der Waals surface area contributed by atoms with Crippen molar-refractivity contribution in [2.24, 2.45) is 0 Å². The maximum atomic E-state index is 12.5. The van der Waals surface area contributed by atoms with E-state index in [0.717, 1.165) is 25.7 Å². The first-order valence-corrected chi connectivity index (χ1v) is 7.24. The molecule has 1 aliphatic heterocycles. The lowest BCUT2D eigenvalue weighted by atomic mass is 10.1. The third kappa shape index (κ3) is 4.03. The summed E-state index contributed by atoms with van der Waals surface area (Å²) < 4.78 is 0. The minimum absolute atomic E-state index is 0.00814. The summed E-state index contributed by atoms with van der Waals surface area (Å²) in [4.78, 5) is 18.4. The lowest BCUT2D eigenvalue weighted by Gasteiger charge is -2.28. The van der Waals surface area contributed by atoms with Crippen molar-refractivity contribution in [3.8, 4) is 11.8 Å². The van der Waals surface area contributed by atoms with Crippen LogP contribution < -0.4 is 0 Å². The monoisotopic (exact) mass is 288 g/mol. The van der Waals surface area contributed by atoms with Crippen LogP contribution in [-0.2, 0) is 0 Å². The van der Waals surface area contributed by atoms with Crippen molar-refractivity contribution < 1.29 is 15.0 Å². The molecule has 5 heteroatoms. The lowest BCUT2D eigenvalue weighted by molar-refractivity contribution is 0.0594. The van der Waals surface area contributed by atoms with Gasteiger partial charge in [-0.1, -0.05) is 24.7 Å². The Morgan fingerprint density at radius 1 is 1.33 bits per heavy atom. The molecule has 0 spiro atoms. The van der Waals surface area contributed by atoms with Gasteiger partial charge in [-0.25, -0.2) is 4.98 Å². The van der Waals surface area contributed by atoms with E-state index in [1.54, 1.807) is 17.0 Å². The number of hydrogen-bond donors (Lipinski definition) is 2. The Morgan fingerprint density at radius 2 is 2.19 bits per heavy atom. The fraction of sp³-hybridized carbons (Fsp3) is 0.500. The Kier molecular flexibility index (Phi) is 5.73. The average Bonchev–Trinajstić information content (AvgIpc) is 2.78. The quantitative estimate of drug-likeness (QED) is 0.790. The van der Waals surface area contributed by atoms with Crippen LogP contribution in [0, 0.1) is 11.8 Å². The van der Waals surface area contributed by atoms with Crippen LogP contribution in [0.15, 0.2) is 18.3 Å². The summed E-state index contributed by atoms with van der Waals surface area (Å²) in [5, 5.41) is 18.1. The molecule has 0 aliphatic carbocycles. The summed E-state index contributed by atoms with van der Waals surface area (Å²) in [7, 11) is 0. The molecule has 1 saturated heterocycles. The van der Waals surface area contributed by atoms with Crippen molar-refractivity contribution in [2.75, 3.05) is 19.8 Å². The van der Waals surface area contributed by atoms with Crippen LogP contribution in [0.25, 0.3) is 0 Å². The van der Waals surface area contributed by atoms with E-state index < -0.39 is 0 Å². The number of pyridine rings is 1. The molecule has 0 saturated carbocycles. The van der Waals surface area contributed by atoms with Crippen LogP contribution in [0.2, 0.25) is 0 Å². The SMILES string of the molecule is O=C(c1ccc(C#CCO)cn1)N1CCCCCC1CO. The van der Waals surface area contributed by atoms with E-state index >= 15 is 0 Å². The number of hydrogen-bond acceptors (Lipinski definition) is 4. The zero-order valence-corrected chi connectivity index (χ0v) is 12.0. The summed E-state index contributed by atoms with van der Waals surface area (Å²) >= 11 is 0. The molecule has 21 heavy (non-hydrogen) atoms. The number of likely N-dealkylation sites (tertiary alicyclic amines) is 1. The highest BCUT2D eigenvalue weighted by Crippen LogP contribution is 2.18. The average molecular weight is 288 g/mol. The highest BCUT2D eigenvalue weighted by Gasteiger charge is 2.26. The molecule has 1 unspecified atom stereocenters. The van der Waals surface area contributed by atoms with Gasteiger partial charge in [-0.3, -0.25) is 4.79 Å². The van der Waals surface area contributed by atoms with Crippen LogP contribution >= 0.6 is 0 Å². The van der Waals surface area contributed by atoms with Crippen LogP contribution in [0.1, 0.15) is 41.7 Å². The van der Waals surface area contributed by atoms with Crippen molar-refractivity contribution in [3.05, 3.63) is 29.6 Å². The molecule has 1 aliphatic rings. The van der Waals surface area contributed by atoms with Gasteiger partial charge in [0.25, 0.3) is 5.91 Å². The molecule has 1 aromatic rings. The Morgan fingerprint density at radius 3 is 2.86 bits per heavy atom. The smallest absolute Gasteiger partial charge is 0.272 e. The molecule has 2 N–H and O–H groups in total. The Bertz CT molecular complexity index is 531. The molecule has 1 atom stereocenters. The standard InChI is InChI=1S/C16H20N2O3/c19-10-4-5-13-7-8-15(17-11-13)16(21)18-9-3-1-2-6-14(18)12-20/h7-8,11,14,19-20H,1-3,6,9-10,12H2. The molecular formula is C16H20N2O3. The van der Waals surface area contributed by atoms with E-state index in [1.807, 2.05) is 0 Å². The predicted octanol–water partition coefficient (Wildman–Crippen LogP) is 0.802. The Labute approximate surface area is 124 Å². The molecule has 1 aromatic heterocycles. The maximum absolute atomic E-state index is 12.5. The van der Waals surface area contributed by atoms with Gasteiger partial charge in [-0.2, -0.15) is 0 Å². The van der Waals surface area contributed by atoms with E-state index in [0.29, 0.717) is 17.8 Å². The van der Waals surface area contributed by atoms with Gasteiger partial charge in [0, 0.05) is 18.3 Å². The second-order valence-electron chi connectivity index (χ2n) is 5.08. The normalized spacial score (nSPS) is 18.6. The fourth-order valence-electron chi connectivity index (χ4n) is 2.52. The highest BCUT2D eigenvalue weighted by molar-refractivity contribution is 5.92. The van der Waals surface area contributed by atoms with Gasteiger partial charge < -0.3 is 15.1 Å². The van der Waals surface area contributed by atoms with Gasteiger partial charge in [0.15, 0.2) is 0 Å². The zero-order valence-electron chi connectivity index (χ0n) is 12.0. The molecule has 1 fully saturated rings. The fourth-order valence-corrected chi connectivity index (χ4v) is 2.52. The molecule has 5 nitrogen and oxygen atoms in total. The molecule has 0 aromatic carbocycles. The number of aliphatic hydroxyl groups excluding tert-OH is 2. The van der Waals surface area contributed by atoms with Crippen molar-refractivity contribution in [3.63, 3.8) is 0 Å². The molecule has 0 radical (unpaired) electrons. The number of carbonyl (C=O) groups excluding carboxylic acids is 1. The van der Waals surface area contributed by atoms with Gasteiger partial charge in [0.2, 0.25) is 0 Å². The van der Waals surface area contributed by atoms with Crippen molar-refractivity contribution in [1.82, 2.24) is 9.88 Å². The summed E-state index contributed by atoms with van der Waals surface area (Å²) in [5.74, 6) is 5.14. The molecular weight excluding hydrogens is 268 g/mol. The first-order chi connectivity index (χ1) is 10.3. The number of nitrogens with zero attached hydrogens (tertiary/aromatic N) is 2. The predicted molar refractivity (Wildman–Crippen MR) is 78.6 cm³/mol. The van der Waals surface area contributed by atoms with Crippen molar-refractivity contribution >= 4 is 5.91 Å². The number of aromatic nitrogens is 1. The van der Waals surface area contributed by atoms with Gasteiger partial charge in [-0.15, -0.1) is 0 Å². The van der Waals surface area contributed by atoms with Crippen molar-refractivity contribution in [2.45, 2.75) is 31.7 Å². The van der Waals surface area contributed by atoms with Crippen LogP contribution in [0.5, 0.6) is 0 Å². The van der Waals surface area contributed by atoms with E-state index in [2.05, 4.69) is 16.8 Å². The van der Waals surface area contributed by atoms with E-state index in [4.69, 9.17) is 5.11 Å². The first kappa shape index (κ1) is 15.5. The van der Waals surface area contributed by atoms with E-state index in [-0.39, 0.29) is 25.2 Å². The van der Waals surface area contributed by atoms with Gasteiger partial charge in [0.05, 0.1) is 12.6 Å². The highest BCUT2D eigenvalue weighted by atomic mass is 16.3. The third-order valence-electron chi connectivity index (χ3n) is 3.64. The lowest BCUT2D eigenvalue weighted by Crippen LogP contribution is -2.42. The summed E-state index contributed by atoms with van der Waals surface area (Å²) in [6.45, 7) is 0.455. The number of rotatable bonds is 2. The van der Waals surface area contributed by atoms with Crippen LogP contribution in [0.4, 0.5) is 0 Å². The molecule has 1 amide bonds. The first-order valence-electron chi connectivity index (χ1n) is 7.24. The number of carbonyl (C=O) groups is 1. The minimum atomic E-state index is -0.202. The zero-order chi connectivity index (χ0) is 15.1. The topological polar surface area (TPSA) is 73.7 Å². The minimum Gasteiger partial charge on any atom is -0.394 e. The maximum Gasteiger partial charge on any atom is 0.272 e. The second-order valence-corrected chi connectivity index (χ2v) is 5.08. The Balaban J connectivity index is 2.14. The van der Waals surface area contributed by atoms with Gasteiger partial charge >= 0.3 is 0 Å². The van der Waals surface area contributed by atoms with Gasteiger partial charge in [0.1, 0.15) is 12.3 Å². The molecule has 2 rings (SSSR count). The summed E-state index contributed by atoms with van der Waals surface area (Å²) in [6.07, 6.45) is 5.45. The number of amides is 1. The molecule has 0 bridgehead atoms. The Hall–Kier alpha value is -1.90. The third-order valence-corrected chi connectivity index (χ3v) is 3.64. The second kappa shape index (κ2) is 7.77. The molecule has 112 valence electrons. The van der Waals surface area contributed by atoms with E-state index in [9.17, 15) is 9.90 Å².